The molecule has 1 aromatic heterocycles. The molecule has 1 atom stereocenters. The second-order valence-electron chi connectivity index (χ2n) is 4.86. The van der Waals surface area contributed by atoms with Gasteiger partial charge in [0.2, 0.25) is 0 Å². The van der Waals surface area contributed by atoms with Crippen molar-refractivity contribution in [3.05, 3.63) is 29.0 Å². The Morgan fingerprint density at radius 3 is 3.11 bits per heavy atom. The summed E-state index contributed by atoms with van der Waals surface area (Å²) >= 11 is 1.57. The second kappa shape index (κ2) is 6.13. The molecule has 0 amide bonds. The zero-order chi connectivity index (χ0) is 12.5. The Kier molecular flexibility index (Phi) is 4.73. The summed E-state index contributed by atoms with van der Waals surface area (Å²) in [7, 11) is 0. The predicted molar refractivity (Wildman–Crippen MR) is 79.3 cm³/mol. The van der Waals surface area contributed by atoms with E-state index in [-0.39, 0.29) is 24.3 Å². The first-order valence-corrected chi connectivity index (χ1v) is 7.05. The summed E-state index contributed by atoms with van der Waals surface area (Å²) < 4.78 is 14.0. The van der Waals surface area contributed by atoms with Gasteiger partial charge >= 0.3 is 0 Å². The third kappa shape index (κ3) is 3.42. The van der Waals surface area contributed by atoms with E-state index >= 15 is 0 Å². The van der Waals surface area contributed by atoms with Crippen molar-refractivity contribution in [2.75, 3.05) is 13.1 Å². The molecule has 1 aromatic carbocycles. The molecule has 104 valence electrons. The van der Waals surface area contributed by atoms with E-state index in [0.29, 0.717) is 0 Å². The van der Waals surface area contributed by atoms with E-state index < -0.39 is 0 Å². The van der Waals surface area contributed by atoms with Gasteiger partial charge in [0.05, 0.1) is 16.8 Å². The molecule has 0 aliphatic carbocycles. The van der Waals surface area contributed by atoms with Gasteiger partial charge in [0, 0.05) is 12.6 Å². The van der Waals surface area contributed by atoms with Crippen LogP contribution in [0.5, 0.6) is 0 Å². The van der Waals surface area contributed by atoms with Crippen LogP contribution in [0.1, 0.15) is 17.8 Å². The summed E-state index contributed by atoms with van der Waals surface area (Å²) in [5, 5.41) is 1.05. The Hall–Kier alpha value is -0.750. The Bertz CT molecular complexity index is 560. The smallest absolute Gasteiger partial charge is 0.124 e. The number of benzene rings is 1. The van der Waals surface area contributed by atoms with E-state index in [2.05, 4.69) is 9.88 Å². The zero-order valence-electron chi connectivity index (χ0n) is 10.5. The fourth-order valence-corrected chi connectivity index (χ4v) is 3.47. The minimum absolute atomic E-state index is 0. The number of thiazole rings is 1. The molecule has 0 saturated carbocycles. The third-order valence-corrected chi connectivity index (χ3v) is 4.30. The SMILES string of the molecule is Cl.NC1CCCN(Cc2nc3ccc(F)cc3s2)C1. The molecule has 1 unspecified atom stereocenters. The quantitative estimate of drug-likeness (QED) is 0.927. The molecule has 2 heterocycles. The van der Waals surface area contributed by atoms with Crippen LogP contribution >= 0.6 is 23.7 Å². The minimum atomic E-state index is -0.197. The van der Waals surface area contributed by atoms with Crippen molar-refractivity contribution in [3.8, 4) is 0 Å². The number of nitrogens with zero attached hydrogens (tertiary/aromatic N) is 2. The number of hydrogen-bond donors (Lipinski definition) is 1. The van der Waals surface area contributed by atoms with Gasteiger partial charge in [-0.1, -0.05) is 0 Å². The average molecular weight is 302 g/mol. The molecule has 3 rings (SSSR count). The third-order valence-electron chi connectivity index (χ3n) is 3.30. The van der Waals surface area contributed by atoms with Crippen molar-refractivity contribution < 1.29 is 4.39 Å². The molecule has 2 aromatic rings. The van der Waals surface area contributed by atoms with E-state index in [9.17, 15) is 4.39 Å². The zero-order valence-corrected chi connectivity index (χ0v) is 12.1. The highest BCUT2D eigenvalue weighted by Crippen LogP contribution is 2.24. The van der Waals surface area contributed by atoms with Gasteiger partial charge in [-0.2, -0.15) is 0 Å². The number of nitrogens with two attached hydrogens (primary N) is 1. The Morgan fingerprint density at radius 2 is 2.32 bits per heavy atom. The fraction of sp³-hybridized carbons (Fsp3) is 0.462. The van der Waals surface area contributed by atoms with Gasteiger partial charge in [-0.25, -0.2) is 9.37 Å². The highest BCUT2D eigenvalue weighted by Gasteiger charge is 2.18. The highest BCUT2D eigenvalue weighted by molar-refractivity contribution is 7.18. The first-order valence-electron chi connectivity index (χ1n) is 6.23. The van der Waals surface area contributed by atoms with Gasteiger partial charge in [-0.3, -0.25) is 4.90 Å². The van der Waals surface area contributed by atoms with Crippen molar-refractivity contribution >= 4 is 34.0 Å². The number of halogens is 2. The lowest BCUT2D eigenvalue weighted by atomic mass is 10.1. The standard InChI is InChI=1S/C13H16FN3S.ClH/c14-9-3-4-11-12(6-9)18-13(16-11)8-17-5-1-2-10(15)7-17;/h3-4,6,10H,1-2,5,7-8,15H2;1H. The van der Waals surface area contributed by atoms with Crippen LogP contribution in [0.15, 0.2) is 18.2 Å². The lowest BCUT2D eigenvalue weighted by Crippen LogP contribution is -2.42. The molecule has 1 saturated heterocycles. The van der Waals surface area contributed by atoms with Crippen LogP contribution in [-0.2, 0) is 6.54 Å². The highest BCUT2D eigenvalue weighted by atomic mass is 35.5. The molecule has 6 heteroatoms. The van der Waals surface area contributed by atoms with Crippen LogP contribution in [-0.4, -0.2) is 29.0 Å². The average Bonchev–Trinajstić information content (AvgIpc) is 2.70. The van der Waals surface area contributed by atoms with E-state index in [1.165, 1.54) is 6.07 Å². The predicted octanol–water partition coefficient (Wildman–Crippen LogP) is 2.78. The van der Waals surface area contributed by atoms with Gasteiger partial charge in [0.15, 0.2) is 0 Å². The Labute approximate surface area is 122 Å². The van der Waals surface area contributed by atoms with Gasteiger partial charge in [0.1, 0.15) is 10.8 Å². The van der Waals surface area contributed by atoms with E-state index in [0.717, 1.165) is 47.7 Å². The molecule has 1 fully saturated rings. The first-order chi connectivity index (χ1) is 8.70. The van der Waals surface area contributed by atoms with Crippen LogP contribution in [0.25, 0.3) is 10.2 Å². The van der Waals surface area contributed by atoms with Gasteiger partial charge in [0.25, 0.3) is 0 Å². The number of fused-ring (bicyclic) bond motifs is 1. The van der Waals surface area contributed by atoms with Crippen molar-refractivity contribution in [2.24, 2.45) is 5.73 Å². The molecule has 0 radical (unpaired) electrons. The lowest BCUT2D eigenvalue weighted by Gasteiger charge is -2.29. The number of rotatable bonds is 2. The fourth-order valence-electron chi connectivity index (χ4n) is 2.44. The molecule has 1 aliphatic heterocycles. The molecule has 2 N–H and O–H groups in total. The van der Waals surface area contributed by atoms with Crippen LogP contribution in [0.2, 0.25) is 0 Å². The summed E-state index contributed by atoms with van der Waals surface area (Å²) in [6, 6.07) is 5.04. The maximum Gasteiger partial charge on any atom is 0.124 e. The van der Waals surface area contributed by atoms with E-state index in [4.69, 9.17) is 5.73 Å². The van der Waals surface area contributed by atoms with E-state index in [1.54, 1.807) is 23.5 Å². The molecule has 1 aliphatic rings. The second-order valence-corrected chi connectivity index (χ2v) is 5.97. The number of hydrogen-bond acceptors (Lipinski definition) is 4. The molecule has 0 spiro atoms. The van der Waals surface area contributed by atoms with Gasteiger partial charge < -0.3 is 5.73 Å². The van der Waals surface area contributed by atoms with Gasteiger partial charge in [-0.15, -0.1) is 23.7 Å². The van der Waals surface area contributed by atoms with Crippen molar-refractivity contribution in [2.45, 2.75) is 25.4 Å². The lowest BCUT2D eigenvalue weighted by molar-refractivity contribution is 0.201. The van der Waals surface area contributed by atoms with Crippen LogP contribution in [0.4, 0.5) is 4.39 Å². The maximum absolute atomic E-state index is 13.1. The normalized spacial score (nSPS) is 20.4. The van der Waals surface area contributed by atoms with Gasteiger partial charge in [-0.05, 0) is 37.6 Å². The Balaban J connectivity index is 0.00000133. The van der Waals surface area contributed by atoms with E-state index in [1.807, 2.05) is 0 Å². The largest absolute Gasteiger partial charge is 0.327 e. The van der Waals surface area contributed by atoms with Crippen LogP contribution in [0, 0.1) is 5.82 Å². The first kappa shape index (κ1) is 14.7. The monoisotopic (exact) mass is 301 g/mol. The molecule has 0 bridgehead atoms. The summed E-state index contributed by atoms with van der Waals surface area (Å²) in [4.78, 5) is 6.88. The van der Waals surface area contributed by atoms with Crippen molar-refractivity contribution in [3.63, 3.8) is 0 Å². The molecule has 19 heavy (non-hydrogen) atoms. The summed E-state index contributed by atoms with van der Waals surface area (Å²) in [6.45, 7) is 2.84. The van der Waals surface area contributed by atoms with Crippen LogP contribution in [0.3, 0.4) is 0 Å². The summed E-state index contributed by atoms with van der Waals surface area (Å²) in [5.41, 5.74) is 6.85. The molecular weight excluding hydrogens is 285 g/mol. The Morgan fingerprint density at radius 1 is 1.47 bits per heavy atom. The van der Waals surface area contributed by atoms with Crippen molar-refractivity contribution in [1.82, 2.24) is 9.88 Å². The molecular formula is C13H17ClFN3S. The molecule has 3 nitrogen and oxygen atoms in total. The number of piperidine rings is 1. The topological polar surface area (TPSA) is 42.1 Å². The summed E-state index contributed by atoms with van der Waals surface area (Å²) in [5.74, 6) is -0.197. The number of aromatic nitrogens is 1. The number of likely N-dealkylation sites (tertiary alicyclic amines) is 1. The maximum atomic E-state index is 13.1. The van der Waals surface area contributed by atoms with Crippen LogP contribution < -0.4 is 5.73 Å². The summed E-state index contributed by atoms with van der Waals surface area (Å²) in [6.07, 6.45) is 2.27. The minimum Gasteiger partial charge on any atom is -0.327 e. The van der Waals surface area contributed by atoms with Crippen molar-refractivity contribution in [1.29, 1.82) is 0 Å².